The molecule has 0 N–H and O–H groups in total. The van der Waals surface area contributed by atoms with Crippen LogP contribution < -0.4 is 0 Å². The molecule has 2 aromatic carbocycles. The first-order chi connectivity index (χ1) is 14.7. The summed E-state index contributed by atoms with van der Waals surface area (Å²) in [4.78, 5) is 28.8. The minimum atomic E-state index is -0.985. The van der Waals surface area contributed by atoms with Gasteiger partial charge in [-0.2, -0.15) is 4.79 Å². The normalized spacial score (nSPS) is 9.10. The van der Waals surface area contributed by atoms with Gasteiger partial charge in [0.25, 0.3) is 0 Å². The third-order valence-electron chi connectivity index (χ3n) is 3.85. The fraction of sp³-hybridized carbons (Fsp3) is 0.208. The van der Waals surface area contributed by atoms with Gasteiger partial charge >= 0.3 is 17.6 Å². The van der Waals surface area contributed by atoms with Gasteiger partial charge < -0.3 is 15.2 Å². The SMILES string of the molecule is CCOC(=O)C(=[N+]=[N-])C(=O)N(CC#Cc1ccccc1)CCC#Cc1ccccc1. The summed E-state index contributed by atoms with van der Waals surface area (Å²) in [6, 6.07) is 18.8. The molecule has 0 spiro atoms. The Morgan fingerprint density at radius 2 is 1.53 bits per heavy atom. The van der Waals surface area contributed by atoms with E-state index in [2.05, 4.69) is 28.5 Å². The highest BCUT2D eigenvalue weighted by molar-refractivity contribution is 6.61. The molecule has 0 fully saturated rings. The van der Waals surface area contributed by atoms with Gasteiger partial charge in [0.15, 0.2) is 0 Å². The second-order valence-corrected chi connectivity index (χ2v) is 5.98. The number of nitrogens with zero attached hydrogens (tertiary/aromatic N) is 3. The van der Waals surface area contributed by atoms with Gasteiger partial charge in [-0.15, -0.1) is 0 Å². The van der Waals surface area contributed by atoms with Crippen molar-refractivity contribution in [1.29, 1.82) is 0 Å². The molecular formula is C24H21N3O3. The van der Waals surface area contributed by atoms with Gasteiger partial charge in [-0.3, -0.25) is 4.79 Å². The zero-order chi connectivity index (χ0) is 21.6. The van der Waals surface area contributed by atoms with Gasteiger partial charge in [0, 0.05) is 24.1 Å². The van der Waals surface area contributed by atoms with Crippen molar-refractivity contribution in [2.24, 2.45) is 0 Å². The Balaban J connectivity index is 2.13. The van der Waals surface area contributed by atoms with E-state index in [1.54, 1.807) is 6.92 Å². The summed E-state index contributed by atoms with van der Waals surface area (Å²) in [5.74, 6) is 10.1. The number of hydrogen-bond acceptors (Lipinski definition) is 3. The van der Waals surface area contributed by atoms with Gasteiger partial charge in [-0.05, 0) is 31.2 Å². The second kappa shape index (κ2) is 12.4. The quantitative estimate of drug-likeness (QED) is 0.187. The van der Waals surface area contributed by atoms with E-state index in [1.807, 2.05) is 60.7 Å². The summed E-state index contributed by atoms with van der Waals surface area (Å²) >= 11 is 0. The van der Waals surface area contributed by atoms with Crippen molar-refractivity contribution >= 4 is 17.6 Å². The number of esters is 1. The molecular weight excluding hydrogens is 378 g/mol. The molecule has 0 saturated heterocycles. The van der Waals surface area contributed by atoms with Crippen LogP contribution in [-0.4, -0.2) is 47.0 Å². The van der Waals surface area contributed by atoms with E-state index in [1.165, 1.54) is 4.90 Å². The molecule has 0 atom stereocenters. The van der Waals surface area contributed by atoms with Gasteiger partial charge in [-0.25, -0.2) is 4.79 Å². The molecule has 30 heavy (non-hydrogen) atoms. The van der Waals surface area contributed by atoms with Crippen LogP contribution in [0.4, 0.5) is 0 Å². The summed E-state index contributed by atoms with van der Waals surface area (Å²) in [6.45, 7) is 1.90. The summed E-state index contributed by atoms with van der Waals surface area (Å²) in [5.41, 5.74) is 10.1. The summed E-state index contributed by atoms with van der Waals surface area (Å²) in [5, 5.41) is 0. The zero-order valence-electron chi connectivity index (χ0n) is 16.7. The maximum absolute atomic E-state index is 12.7. The third kappa shape index (κ3) is 7.13. The largest absolute Gasteiger partial charge is 0.463 e. The van der Waals surface area contributed by atoms with E-state index < -0.39 is 17.6 Å². The summed E-state index contributed by atoms with van der Waals surface area (Å²) in [6.07, 6.45) is 0.356. The molecule has 0 saturated carbocycles. The molecule has 0 heterocycles. The Bertz CT molecular complexity index is 1040. The number of carbonyl (C=O) groups excluding carboxylic acids is 2. The van der Waals surface area contributed by atoms with E-state index in [9.17, 15) is 9.59 Å². The lowest BCUT2D eigenvalue weighted by Crippen LogP contribution is -2.42. The maximum Gasteiger partial charge on any atom is 0.463 e. The second-order valence-electron chi connectivity index (χ2n) is 5.98. The van der Waals surface area contributed by atoms with Crippen molar-refractivity contribution in [3.63, 3.8) is 0 Å². The molecule has 1 amide bonds. The minimum absolute atomic E-state index is 0.0408. The van der Waals surface area contributed by atoms with E-state index in [4.69, 9.17) is 10.3 Å². The van der Waals surface area contributed by atoms with Crippen molar-refractivity contribution in [3.8, 4) is 23.7 Å². The van der Waals surface area contributed by atoms with Crippen LogP contribution in [0.2, 0.25) is 0 Å². The van der Waals surface area contributed by atoms with E-state index >= 15 is 0 Å². The Hall–Kier alpha value is -4.12. The highest BCUT2D eigenvalue weighted by Gasteiger charge is 2.34. The fourth-order valence-electron chi connectivity index (χ4n) is 2.41. The van der Waals surface area contributed by atoms with Crippen LogP contribution in [0.15, 0.2) is 60.7 Å². The first kappa shape index (κ1) is 22.2. The van der Waals surface area contributed by atoms with Crippen LogP contribution in [0.5, 0.6) is 0 Å². The van der Waals surface area contributed by atoms with Gasteiger partial charge in [0.05, 0.1) is 13.2 Å². The lowest BCUT2D eigenvalue weighted by atomic mass is 10.2. The Morgan fingerprint density at radius 3 is 2.07 bits per heavy atom. The summed E-state index contributed by atoms with van der Waals surface area (Å²) in [7, 11) is 0. The van der Waals surface area contributed by atoms with E-state index in [0.717, 1.165) is 11.1 Å². The van der Waals surface area contributed by atoms with Crippen LogP contribution in [-0.2, 0) is 14.3 Å². The number of rotatable bonds is 6. The molecule has 6 nitrogen and oxygen atoms in total. The highest BCUT2D eigenvalue weighted by atomic mass is 16.5. The molecule has 150 valence electrons. The first-order valence-electron chi connectivity index (χ1n) is 9.42. The molecule has 2 aromatic rings. The molecule has 2 rings (SSSR count). The smallest absolute Gasteiger partial charge is 0.457 e. The molecule has 0 unspecified atom stereocenters. The zero-order valence-corrected chi connectivity index (χ0v) is 16.7. The topological polar surface area (TPSA) is 83.0 Å². The van der Waals surface area contributed by atoms with Crippen LogP contribution in [0, 0.1) is 23.7 Å². The van der Waals surface area contributed by atoms with Gasteiger partial charge in [-0.1, -0.05) is 60.1 Å². The van der Waals surface area contributed by atoms with Crippen molar-refractivity contribution in [1.82, 2.24) is 4.90 Å². The molecule has 0 radical (unpaired) electrons. The van der Waals surface area contributed by atoms with Crippen LogP contribution in [0.1, 0.15) is 24.5 Å². The monoisotopic (exact) mass is 399 g/mol. The molecule has 0 aliphatic carbocycles. The standard InChI is InChI=1S/C24H21N3O3/c1-2-30-24(29)22(26-25)23(28)27(19-11-17-21-14-7-4-8-15-21)18-10-9-16-20-12-5-3-6-13-20/h3-8,12-15H,2,10,18-19H2,1H3. The molecule has 0 aromatic heterocycles. The average molecular weight is 399 g/mol. The number of hydrogen-bond donors (Lipinski definition) is 0. The summed E-state index contributed by atoms with van der Waals surface area (Å²) < 4.78 is 4.78. The molecule has 0 aliphatic rings. The lowest BCUT2D eigenvalue weighted by Gasteiger charge is -2.16. The van der Waals surface area contributed by atoms with Crippen LogP contribution >= 0.6 is 0 Å². The molecule has 0 bridgehead atoms. The molecule has 0 aliphatic heterocycles. The number of amides is 1. The fourth-order valence-corrected chi connectivity index (χ4v) is 2.41. The average Bonchev–Trinajstić information content (AvgIpc) is 2.77. The minimum Gasteiger partial charge on any atom is -0.457 e. The number of ether oxygens (including phenoxy) is 1. The van der Waals surface area contributed by atoms with E-state index in [-0.39, 0.29) is 19.7 Å². The van der Waals surface area contributed by atoms with Crippen LogP contribution in [0.25, 0.3) is 5.53 Å². The maximum atomic E-state index is 12.7. The van der Waals surface area contributed by atoms with Crippen molar-refractivity contribution in [3.05, 3.63) is 77.3 Å². The highest BCUT2D eigenvalue weighted by Crippen LogP contribution is 1.99. The first-order valence-corrected chi connectivity index (χ1v) is 9.42. The van der Waals surface area contributed by atoms with Crippen LogP contribution in [0.3, 0.4) is 0 Å². The number of carbonyl (C=O) groups is 2. The van der Waals surface area contributed by atoms with Crippen molar-refractivity contribution < 1.29 is 19.1 Å². The Morgan fingerprint density at radius 1 is 0.967 bits per heavy atom. The van der Waals surface area contributed by atoms with Gasteiger partial charge in [0.2, 0.25) is 0 Å². The lowest BCUT2D eigenvalue weighted by molar-refractivity contribution is -0.143. The van der Waals surface area contributed by atoms with Crippen molar-refractivity contribution in [2.45, 2.75) is 13.3 Å². The third-order valence-corrected chi connectivity index (χ3v) is 3.85. The Labute approximate surface area is 176 Å². The predicted molar refractivity (Wildman–Crippen MR) is 113 cm³/mol. The van der Waals surface area contributed by atoms with E-state index in [0.29, 0.717) is 6.42 Å². The van der Waals surface area contributed by atoms with Crippen molar-refractivity contribution in [2.75, 3.05) is 19.7 Å². The van der Waals surface area contributed by atoms with Gasteiger partial charge in [0.1, 0.15) is 0 Å². The molecule has 6 heteroatoms. The predicted octanol–water partition coefficient (Wildman–Crippen LogP) is 2.54. The Kier molecular flexibility index (Phi) is 9.14. The number of benzene rings is 2.